The molecule has 244 valence electrons. The zero-order valence-electron chi connectivity index (χ0n) is 28.5. The van der Waals surface area contributed by atoms with Crippen molar-refractivity contribution in [2.75, 3.05) is 13.1 Å². The van der Waals surface area contributed by atoms with Gasteiger partial charge in [0.15, 0.2) is 17.3 Å². The molecule has 0 radical (unpaired) electrons. The van der Waals surface area contributed by atoms with Gasteiger partial charge in [-0.25, -0.2) is 23.4 Å². The number of amides is 3. The van der Waals surface area contributed by atoms with E-state index >= 15 is 4.39 Å². The fourth-order valence-corrected chi connectivity index (χ4v) is 6.78. The standard InChI is InChI=1S/C31H37F5N6O3/c1-16-15-20(25(33)24(32)17(16)2)21-8-9-22(27(43)42(30(21,4)5)18(3)31(34,35)36)38-28(44)40-13-10-19(11-14-40)41-23-7-6-12-37-26(23)39-29(41)45/h6-7,12,15,18-19,21-22H,8-11,13-14H2,1-5H3,(H,38,44)(H,37,39,45)/t18?,21-,22+/m0/s1/i6D,7D,12D. The van der Waals surface area contributed by atoms with Crippen molar-refractivity contribution in [3.63, 3.8) is 0 Å². The molecule has 2 aliphatic heterocycles. The third kappa shape index (κ3) is 5.79. The van der Waals surface area contributed by atoms with Gasteiger partial charge < -0.3 is 15.1 Å². The number of hydrogen-bond acceptors (Lipinski definition) is 4. The SMILES string of the molecule is [2H]c1nc2[nH]c(=O)n(C3CCN(C(=O)N[C@@H]4CC[C@@H](c5cc(C)c(C)c(F)c5F)C(C)(C)N(C(C)C(F)(F)F)C4=O)CC3)c2c([2H])c1[2H]. The van der Waals surface area contributed by atoms with Gasteiger partial charge in [-0.05, 0) is 89.1 Å². The van der Waals surface area contributed by atoms with Crippen LogP contribution in [0, 0.1) is 25.5 Å². The Kier molecular flexibility index (Phi) is 7.44. The van der Waals surface area contributed by atoms with Crippen LogP contribution < -0.4 is 11.0 Å². The Morgan fingerprint density at radius 2 is 1.80 bits per heavy atom. The van der Waals surface area contributed by atoms with Gasteiger partial charge in [0.05, 0.1) is 9.63 Å². The van der Waals surface area contributed by atoms with Crippen LogP contribution in [0.3, 0.4) is 0 Å². The number of aromatic nitrogens is 3. The number of pyridine rings is 1. The second-order valence-electron chi connectivity index (χ2n) is 12.4. The van der Waals surface area contributed by atoms with Crippen LogP contribution in [0.4, 0.5) is 26.7 Å². The maximum atomic E-state index is 15.4. The molecule has 2 fully saturated rings. The van der Waals surface area contributed by atoms with Crippen LogP contribution in [-0.2, 0) is 4.79 Å². The summed E-state index contributed by atoms with van der Waals surface area (Å²) in [5.41, 5.74) is -1.82. The molecule has 0 bridgehead atoms. The molecule has 45 heavy (non-hydrogen) atoms. The summed E-state index contributed by atoms with van der Waals surface area (Å²) in [4.78, 5) is 48.5. The largest absolute Gasteiger partial charge is 0.408 e. The monoisotopic (exact) mass is 639 g/mol. The number of likely N-dealkylation sites (tertiary alicyclic amines) is 2. The zero-order chi connectivity index (χ0) is 35.6. The van der Waals surface area contributed by atoms with E-state index in [1.165, 1.54) is 36.3 Å². The molecule has 3 atom stereocenters. The molecule has 3 amide bonds. The van der Waals surface area contributed by atoms with E-state index in [0.717, 1.165) is 6.92 Å². The van der Waals surface area contributed by atoms with Gasteiger partial charge in [0.25, 0.3) is 0 Å². The predicted molar refractivity (Wildman–Crippen MR) is 157 cm³/mol. The first-order chi connectivity index (χ1) is 22.3. The van der Waals surface area contributed by atoms with E-state index in [-0.39, 0.29) is 67.1 Å². The number of nitrogens with zero attached hydrogens (tertiary/aromatic N) is 4. The first kappa shape index (κ1) is 28.5. The number of carbonyl (C=O) groups excluding carboxylic acids is 2. The number of fused-ring (bicyclic) bond motifs is 1. The van der Waals surface area contributed by atoms with E-state index in [9.17, 15) is 31.9 Å². The van der Waals surface area contributed by atoms with Crippen molar-refractivity contribution in [3.8, 4) is 0 Å². The lowest BCUT2D eigenvalue weighted by Gasteiger charge is -2.47. The number of piperidine rings is 1. The Morgan fingerprint density at radius 3 is 2.44 bits per heavy atom. The molecule has 2 N–H and O–H groups in total. The van der Waals surface area contributed by atoms with E-state index in [1.54, 1.807) is 6.92 Å². The molecular formula is C31H37F5N6O3. The van der Waals surface area contributed by atoms with E-state index in [2.05, 4.69) is 15.3 Å². The van der Waals surface area contributed by atoms with Crippen LogP contribution in [0.5, 0.6) is 0 Å². The summed E-state index contributed by atoms with van der Waals surface area (Å²) in [6.45, 7) is 6.74. The van der Waals surface area contributed by atoms with Crippen molar-refractivity contribution in [2.45, 2.75) is 96.1 Å². The minimum absolute atomic E-state index is 0.000309. The highest BCUT2D eigenvalue weighted by Gasteiger charge is 2.53. The second-order valence-corrected chi connectivity index (χ2v) is 12.4. The maximum Gasteiger partial charge on any atom is 0.408 e. The average Bonchev–Trinajstić information content (AvgIpc) is 3.30. The first-order valence-electron chi connectivity index (χ1n) is 16.3. The number of aryl methyl sites for hydroxylation is 1. The van der Waals surface area contributed by atoms with Gasteiger partial charge in [0, 0.05) is 36.8 Å². The number of hydrogen-bond donors (Lipinski definition) is 2. The van der Waals surface area contributed by atoms with Crippen LogP contribution in [0.15, 0.2) is 29.1 Å². The lowest BCUT2D eigenvalue weighted by molar-refractivity contribution is -0.198. The molecule has 1 unspecified atom stereocenters. The first-order valence-corrected chi connectivity index (χ1v) is 14.8. The van der Waals surface area contributed by atoms with Crippen molar-refractivity contribution in [1.82, 2.24) is 29.7 Å². The van der Waals surface area contributed by atoms with Crippen molar-refractivity contribution in [1.29, 1.82) is 0 Å². The number of aromatic amines is 1. The predicted octanol–water partition coefficient (Wildman–Crippen LogP) is 5.47. The highest BCUT2D eigenvalue weighted by atomic mass is 19.4. The van der Waals surface area contributed by atoms with Crippen LogP contribution in [-0.4, -0.2) is 73.2 Å². The van der Waals surface area contributed by atoms with E-state index in [0.29, 0.717) is 10.5 Å². The number of nitrogens with one attached hydrogen (secondary N) is 2. The molecule has 0 spiro atoms. The molecule has 9 nitrogen and oxygen atoms in total. The Balaban J connectivity index is 1.39. The molecule has 0 aliphatic carbocycles. The number of urea groups is 1. The van der Waals surface area contributed by atoms with Gasteiger partial charge in [0.1, 0.15) is 12.1 Å². The van der Waals surface area contributed by atoms with Crippen molar-refractivity contribution < 1.29 is 35.7 Å². The molecule has 1 aromatic carbocycles. The van der Waals surface area contributed by atoms with E-state index in [4.69, 9.17) is 4.11 Å². The van der Waals surface area contributed by atoms with Crippen LogP contribution in [0.25, 0.3) is 11.2 Å². The molecule has 14 heteroatoms. The third-order valence-electron chi connectivity index (χ3n) is 9.46. The molecule has 3 aromatic rings. The highest BCUT2D eigenvalue weighted by Crippen LogP contribution is 2.45. The quantitative estimate of drug-likeness (QED) is 0.370. The van der Waals surface area contributed by atoms with Crippen molar-refractivity contribution >= 4 is 23.1 Å². The molecule has 2 aliphatic rings. The number of halogens is 5. The Hall–Kier alpha value is -3.97. The van der Waals surface area contributed by atoms with Gasteiger partial charge in [-0.2, -0.15) is 13.2 Å². The fourth-order valence-electron chi connectivity index (χ4n) is 6.78. The zero-order valence-corrected chi connectivity index (χ0v) is 25.5. The summed E-state index contributed by atoms with van der Waals surface area (Å²) in [5, 5.41) is 2.58. The number of imidazole rings is 1. The van der Waals surface area contributed by atoms with Gasteiger partial charge in [0.2, 0.25) is 5.91 Å². The van der Waals surface area contributed by atoms with Gasteiger partial charge in [-0.15, -0.1) is 0 Å². The van der Waals surface area contributed by atoms with Crippen LogP contribution in [0.2, 0.25) is 0 Å². The second kappa shape index (κ2) is 11.8. The number of alkyl halides is 3. The minimum Gasteiger partial charge on any atom is -0.326 e. The summed E-state index contributed by atoms with van der Waals surface area (Å²) in [5.74, 6) is -4.33. The normalized spacial score (nSPS) is 23.0. The van der Waals surface area contributed by atoms with Crippen LogP contribution in [0.1, 0.15) is 79.2 Å². The lowest BCUT2D eigenvalue weighted by Crippen LogP contribution is -2.62. The topological polar surface area (TPSA) is 103 Å². The molecule has 2 saturated heterocycles. The summed E-state index contributed by atoms with van der Waals surface area (Å²) in [6.07, 6.45) is -5.01. The Bertz CT molecular complexity index is 1840. The lowest BCUT2D eigenvalue weighted by atomic mass is 9.77. The Labute approximate surface area is 261 Å². The smallest absolute Gasteiger partial charge is 0.326 e. The number of carbonyl (C=O) groups is 2. The minimum atomic E-state index is -4.86. The van der Waals surface area contributed by atoms with Crippen LogP contribution >= 0.6 is 0 Å². The van der Waals surface area contributed by atoms with E-state index < -0.39 is 77.2 Å². The summed E-state index contributed by atoms with van der Waals surface area (Å²) >= 11 is 0. The molecule has 2 aromatic heterocycles. The fraction of sp³-hybridized carbons (Fsp3) is 0.548. The average molecular weight is 640 g/mol. The maximum absolute atomic E-state index is 15.4. The van der Waals surface area contributed by atoms with Gasteiger partial charge in [-0.3, -0.25) is 14.3 Å². The number of benzene rings is 1. The summed E-state index contributed by atoms with van der Waals surface area (Å²) < 4.78 is 98.1. The van der Waals surface area contributed by atoms with E-state index in [1.807, 2.05) is 0 Å². The highest BCUT2D eigenvalue weighted by molar-refractivity contribution is 5.88. The van der Waals surface area contributed by atoms with Crippen molar-refractivity contribution in [2.24, 2.45) is 0 Å². The van der Waals surface area contributed by atoms with Gasteiger partial charge >= 0.3 is 17.9 Å². The number of rotatable bonds is 4. The molecule has 4 heterocycles. The summed E-state index contributed by atoms with van der Waals surface area (Å²) in [6, 6.07) is -4.29. The third-order valence-corrected chi connectivity index (χ3v) is 9.46. The number of H-pyrrole nitrogens is 1. The summed E-state index contributed by atoms with van der Waals surface area (Å²) in [7, 11) is 0. The van der Waals surface area contributed by atoms with Gasteiger partial charge in [-0.1, -0.05) is 6.07 Å². The molecular weight excluding hydrogens is 599 g/mol. The molecule has 0 saturated carbocycles. The van der Waals surface area contributed by atoms with Crippen molar-refractivity contribution in [3.05, 3.63) is 63.1 Å². The molecule has 5 rings (SSSR count). The Morgan fingerprint density at radius 1 is 1.13 bits per heavy atom.